The molecular weight excluding hydrogens is 288 g/mol. The van der Waals surface area contributed by atoms with E-state index in [-0.39, 0.29) is 5.91 Å². The van der Waals surface area contributed by atoms with E-state index in [2.05, 4.69) is 48.3 Å². The summed E-state index contributed by atoms with van der Waals surface area (Å²) in [5.41, 5.74) is 2.62. The largest absolute Gasteiger partial charge is 0.357 e. The van der Waals surface area contributed by atoms with Gasteiger partial charge in [0, 0.05) is 46.2 Å². The molecule has 0 saturated carbocycles. The van der Waals surface area contributed by atoms with Crippen molar-refractivity contribution >= 4 is 11.9 Å². The molecule has 1 fully saturated rings. The van der Waals surface area contributed by atoms with Gasteiger partial charge in [0.15, 0.2) is 5.96 Å². The highest BCUT2D eigenvalue weighted by molar-refractivity contribution is 5.80. The maximum absolute atomic E-state index is 11.4. The average molecular weight is 316 g/mol. The van der Waals surface area contributed by atoms with Gasteiger partial charge in [0.2, 0.25) is 5.91 Å². The van der Waals surface area contributed by atoms with Crippen LogP contribution in [0.15, 0.2) is 29.3 Å². The van der Waals surface area contributed by atoms with Crippen LogP contribution >= 0.6 is 0 Å². The number of aliphatic imine (C=N–C) groups is 1. The van der Waals surface area contributed by atoms with Crippen LogP contribution in [0.5, 0.6) is 0 Å². The Morgan fingerprint density at radius 2 is 1.91 bits per heavy atom. The van der Waals surface area contributed by atoms with Crippen molar-refractivity contribution in [2.24, 2.45) is 4.99 Å². The van der Waals surface area contributed by atoms with Crippen molar-refractivity contribution in [2.75, 3.05) is 39.3 Å². The molecule has 1 aliphatic rings. The van der Waals surface area contributed by atoms with Crippen molar-refractivity contribution in [1.29, 1.82) is 0 Å². The zero-order valence-corrected chi connectivity index (χ0v) is 14.5. The molecular formula is C18H28N4O. The minimum Gasteiger partial charge on any atom is -0.357 e. The Balaban J connectivity index is 1.91. The van der Waals surface area contributed by atoms with Crippen molar-refractivity contribution in [1.82, 2.24) is 15.1 Å². The predicted molar refractivity (Wildman–Crippen MR) is 94.7 cm³/mol. The van der Waals surface area contributed by atoms with Gasteiger partial charge in [0.25, 0.3) is 0 Å². The minimum absolute atomic E-state index is 0.158. The summed E-state index contributed by atoms with van der Waals surface area (Å²) in [5, 5.41) is 3.37. The van der Waals surface area contributed by atoms with E-state index >= 15 is 0 Å². The quantitative estimate of drug-likeness (QED) is 0.679. The van der Waals surface area contributed by atoms with Crippen LogP contribution in [0.4, 0.5) is 0 Å². The van der Waals surface area contributed by atoms with Gasteiger partial charge in [-0.1, -0.05) is 29.8 Å². The van der Waals surface area contributed by atoms with Crippen molar-refractivity contribution in [3.63, 3.8) is 0 Å². The van der Waals surface area contributed by atoms with Gasteiger partial charge in [-0.05, 0) is 25.8 Å². The Morgan fingerprint density at radius 1 is 1.22 bits per heavy atom. The summed E-state index contributed by atoms with van der Waals surface area (Å²) in [5.74, 6) is 1.12. The highest BCUT2D eigenvalue weighted by atomic mass is 16.2. The lowest BCUT2D eigenvalue weighted by Crippen LogP contribution is -2.53. The third kappa shape index (κ3) is 5.27. The molecule has 1 N–H and O–H groups in total. The topological polar surface area (TPSA) is 47.9 Å². The monoisotopic (exact) mass is 316 g/mol. The van der Waals surface area contributed by atoms with Gasteiger partial charge >= 0.3 is 0 Å². The molecule has 126 valence electrons. The standard InChI is InChI=1S/C18H28N4O/c1-4-19-18(22-12-10-21(11-13-22)16(3)23)20-9-8-17-7-5-6-15(2)14-17/h5-7,14H,4,8-13H2,1-3H3,(H,19,20). The van der Waals surface area contributed by atoms with Crippen molar-refractivity contribution in [2.45, 2.75) is 27.2 Å². The summed E-state index contributed by atoms with van der Waals surface area (Å²) in [6.07, 6.45) is 0.948. The minimum atomic E-state index is 0.158. The van der Waals surface area contributed by atoms with Crippen LogP contribution in [0.25, 0.3) is 0 Å². The zero-order valence-electron chi connectivity index (χ0n) is 14.5. The van der Waals surface area contributed by atoms with Crippen LogP contribution in [0.1, 0.15) is 25.0 Å². The summed E-state index contributed by atoms with van der Waals surface area (Å²) in [6, 6.07) is 8.58. The van der Waals surface area contributed by atoms with Gasteiger partial charge in [0.05, 0.1) is 0 Å². The number of piperazine rings is 1. The second kappa shape index (κ2) is 8.56. The lowest BCUT2D eigenvalue weighted by molar-refractivity contribution is -0.130. The molecule has 1 aromatic rings. The maximum Gasteiger partial charge on any atom is 0.219 e. The predicted octanol–water partition coefficient (Wildman–Crippen LogP) is 1.67. The van der Waals surface area contributed by atoms with Gasteiger partial charge in [-0.3, -0.25) is 9.79 Å². The molecule has 0 unspecified atom stereocenters. The lowest BCUT2D eigenvalue weighted by atomic mass is 10.1. The Hall–Kier alpha value is -2.04. The Morgan fingerprint density at radius 3 is 2.52 bits per heavy atom. The first kappa shape index (κ1) is 17.3. The molecule has 0 aromatic heterocycles. The average Bonchev–Trinajstić information content (AvgIpc) is 2.54. The Kier molecular flexibility index (Phi) is 6.44. The van der Waals surface area contributed by atoms with Crippen molar-refractivity contribution in [3.8, 4) is 0 Å². The van der Waals surface area contributed by atoms with Crippen LogP contribution in [0.2, 0.25) is 0 Å². The number of nitrogens with one attached hydrogen (secondary N) is 1. The molecule has 0 spiro atoms. The number of rotatable bonds is 4. The van der Waals surface area contributed by atoms with E-state index in [1.165, 1.54) is 11.1 Å². The van der Waals surface area contributed by atoms with E-state index in [0.29, 0.717) is 0 Å². The molecule has 1 saturated heterocycles. The van der Waals surface area contributed by atoms with Gasteiger partial charge in [-0.2, -0.15) is 0 Å². The van der Waals surface area contributed by atoms with Crippen LogP contribution in [-0.2, 0) is 11.2 Å². The summed E-state index contributed by atoms with van der Waals surface area (Å²) in [7, 11) is 0. The number of hydrogen-bond donors (Lipinski definition) is 1. The first-order chi connectivity index (χ1) is 11.1. The van der Waals surface area contributed by atoms with E-state index in [1.54, 1.807) is 6.92 Å². The number of benzene rings is 1. The first-order valence-corrected chi connectivity index (χ1v) is 8.44. The third-order valence-electron chi connectivity index (χ3n) is 4.10. The molecule has 1 heterocycles. The summed E-state index contributed by atoms with van der Waals surface area (Å²) in [6.45, 7) is 10.7. The fourth-order valence-corrected chi connectivity index (χ4v) is 2.82. The molecule has 5 heteroatoms. The third-order valence-corrected chi connectivity index (χ3v) is 4.10. The summed E-state index contributed by atoms with van der Waals surface area (Å²) >= 11 is 0. The number of aryl methyl sites for hydroxylation is 1. The number of hydrogen-bond acceptors (Lipinski definition) is 2. The second-order valence-electron chi connectivity index (χ2n) is 5.97. The fourth-order valence-electron chi connectivity index (χ4n) is 2.82. The van der Waals surface area contributed by atoms with Crippen molar-refractivity contribution in [3.05, 3.63) is 35.4 Å². The molecule has 1 aliphatic heterocycles. The molecule has 0 radical (unpaired) electrons. The molecule has 0 atom stereocenters. The summed E-state index contributed by atoms with van der Waals surface area (Å²) < 4.78 is 0. The number of carbonyl (C=O) groups is 1. The molecule has 1 amide bonds. The van der Waals surface area contributed by atoms with Gasteiger partial charge < -0.3 is 15.1 Å². The number of guanidine groups is 1. The van der Waals surface area contributed by atoms with Crippen LogP contribution in [0, 0.1) is 6.92 Å². The smallest absolute Gasteiger partial charge is 0.219 e. The molecule has 0 aliphatic carbocycles. The van der Waals surface area contributed by atoms with Gasteiger partial charge in [0.1, 0.15) is 0 Å². The number of nitrogens with zero attached hydrogens (tertiary/aromatic N) is 3. The van der Waals surface area contributed by atoms with Crippen LogP contribution in [0.3, 0.4) is 0 Å². The normalized spacial score (nSPS) is 15.7. The zero-order chi connectivity index (χ0) is 16.7. The fraction of sp³-hybridized carbons (Fsp3) is 0.556. The Labute approximate surface area is 139 Å². The molecule has 0 bridgehead atoms. The highest BCUT2D eigenvalue weighted by Crippen LogP contribution is 2.06. The molecule has 23 heavy (non-hydrogen) atoms. The second-order valence-corrected chi connectivity index (χ2v) is 5.97. The van der Waals surface area contributed by atoms with Gasteiger partial charge in [-0.15, -0.1) is 0 Å². The van der Waals surface area contributed by atoms with Gasteiger partial charge in [-0.25, -0.2) is 0 Å². The van der Waals surface area contributed by atoms with E-state index in [1.807, 2.05) is 4.90 Å². The number of amides is 1. The molecule has 5 nitrogen and oxygen atoms in total. The van der Waals surface area contributed by atoms with Crippen LogP contribution in [-0.4, -0.2) is 60.9 Å². The van der Waals surface area contributed by atoms with Crippen molar-refractivity contribution < 1.29 is 4.79 Å². The first-order valence-electron chi connectivity index (χ1n) is 8.44. The SMILES string of the molecule is CCNC(=NCCc1cccc(C)c1)N1CCN(C(C)=O)CC1. The summed E-state index contributed by atoms with van der Waals surface area (Å²) in [4.78, 5) is 20.3. The van der Waals surface area contributed by atoms with E-state index < -0.39 is 0 Å². The Bertz CT molecular complexity index is 548. The van der Waals surface area contributed by atoms with E-state index in [4.69, 9.17) is 4.99 Å². The highest BCUT2D eigenvalue weighted by Gasteiger charge is 2.20. The van der Waals surface area contributed by atoms with Crippen LogP contribution < -0.4 is 5.32 Å². The van der Waals surface area contributed by atoms with E-state index in [9.17, 15) is 4.79 Å². The number of carbonyl (C=O) groups excluding carboxylic acids is 1. The lowest BCUT2D eigenvalue weighted by Gasteiger charge is -2.36. The molecule has 2 rings (SSSR count). The van der Waals surface area contributed by atoms with E-state index in [0.717, 1.165) is 51.6 Å². The molecule has 1 aromatic carbocycles. The maximum atomic E-state index is 11.4.